The zero-order valence-corrected chi connectivity index (χ0v) is 10.5. The fourth-order valence-electron chi connectivity index (χ4n) is 1.60. The van der Waals surface area contributed by atoms with Crippen molar-refractivity contribution < 1.29 is 23.4 Å². The van der Waals surface area contributed by atoms with Crippen LogP contribution in [-0.2, 0) is 9.53 Å². The van der Waals surface area contributed by atoms with E-state index in [1.54, 1.807) is 26.0 Å². The van der Waals surface area contributed by atoms with Gasteiger partial charge in [0.2, 0.25) is 0 Å². The Balaban J connectivity index is 3.09. The van der Waals surface area contributed by atoms with Gasteiger partial charge in [-0.3, -0.25) is 0 Å². The molecule has 0 aliphatic heterocycles. The molecule has 18 heavy (non-hydrogen) atoms. The van der Waals surface area contributed by atoms with Crippen LogP contribution >= 0.6 is 0 Å². The monoisotopic (exact) mass is 258 g/mol. The summed E-state index contributed by atoms with van der Waals surface area (Å²) < 4.78 is 31.6. The molecule has 0 aliphatic rings. The minimum Gasteiger partial charge on any atom is -0.461 e. The summed E-state index contributed by atoms with van der Waals surface area (Å²) in [6, 6.07) is 4.68. The average molecular weight is 258 g/mol. The number of benzene rings is 1. The number of rotatable bonds is 4. The number of halogens is 2. The first-order valence-corrected chi connectivity index (χ1v) is 5.61. The lowest BCUT2D eigenvalue weighted by atomic mass is 9.96. The Hall–Kier alpha value is -1.49. The molecule has 1 aromatic carbocycles. The van der Waals surface area contributed by atoms with E-state index in [0.717, 1.165) is 5.56 Å². The normalized spacial score (nSPS) is 13.2. The third-order valence-electron chi connectivity index (χ3n) is 2.83. The maximum absolute atomic E-state index is 13.7. The van der Waals surface area contributed by atoms with Crippen LogP contribution in [0.15, 0.2) is 18.2 Å². The highest BCUT2D eigenvalue weighted by Crippen LogP contribution is 2.34. The van der Waals surface area contributed by atoms with Gasteiger partial charge in [0.25, 0.3) is 0 Å². The molecule has 0 saturated heterocycles. The Labute approximate surface area is 104 Å². The molecule has 0 bridgehead atoms. The molecule has 0 saturated carbocycles. The summed E-state index contributed by atoms with van der Waals surface area (Å²) in [6.07, 6.45) is -2.20. The van der Waals surface area contributed by atoms with Crippen molar-refractivity contribution in [1.82, 2.24) is 0 Å². The summed E-state index contributed by atoms with van der Waals surface area (Å²) in [5, 5.41) is 9.70. The maximum atomic E-state index is 13.7. The number of ether oxygens (including phenoxy) is 1. The van der Waals surface area contributed by atoms with Crippen LogP contribution in [0.1, 0.15) is 29.7 Å². The van der Waals surface area contributed by atoms with Gasteiger partial charge in [0.1, 0.15) is 0 Å². The second kappa shape index (κ2) is 5.44. The van der Waals surface area contributed by atoms with Crippen molar-refractivity contribution in [1.29, 1.82) is 0 Å². The Morgan fingerprint density at radius 3 is 2.61 bits per heavy atom. The van der Waals surface area contributed by atoms with Gasteiger partial charge in [-0.05, 0) is 37.5 Å². The summed E-state index contributed by atoms with van der Waals surface area (Å²) >= 11 is 0. The summed E-state index contributed by atoms with van der Waals surface area (Å²) in [5.74, 6) is -5.66. The first-order chi connectivity index (χ1) is 8.32. The Morgan fingerprint density at radius 2 is 2.06 bits per heavy atom. The minimum absolute atomic E-state index is 0.0352. The van der Waals surface area contributed by atoms with E-state index >= 15 is 0 Å². The average Bonchev–Trinajstić information content (AvgIpc) is 2.32. The van der Waals surface area contributed by atoms with Crippen LogP contribution in [0.3, 0.4) is 0 Å². The molecule has 0 heterocycles. The van der Waals surface area contributed by atoms with E-state index in [4.69, 9.17) is 0 Å². The molecule has 0 amide bonds. The van der Waals surface area contributed by atoms with E-state index in [0.29, 0.717) is 5.56 Å². The lowest BCUT2D eigenvalue weighted by Crippen LogP contribution is -2.37. The van der Waals surface area contributed by atoms with Gasteiger partial charge < -0.3 is 9.84 Å². The van der Waals surface area contributed by atoms with Gasteiger partial charge in [0, 0.05) is 0 Å². The molecule has 0 aliphatic carbocycles. The summed E-state index contributed by atoms with van der Waals surface area (Å²) in [7, 11) is 0. The molecule has 100 valence electrons. The first kappa shape index (κ1) is 14.6. The van der Waals surface area contributed by atoms with Gasteiger partial charge in [0.15, 0.2) is 6.10 Å². The number of aryl methyl sites for hydroxylation is 1. The van der Waals surface area contributed by atoms with Gasteiger partial charge in [-0.25, -0.2) is 4.79 Å². The smallest absolute Gasteiger partial charge is 0.380 e. The highest BCUT2D eigenvalue weighted by molar-refractivity contribution is 5.78. The van der Waals surface area contributed by atoms with Crippen molar-refractivity contribution in [3.63, 3.8) is 0 Å². The van der Waals surface area contributed by atoms with E-state index in [9.17, 15) is 18.7 Å². The number of carbonyl (C=O) groups excluding carboxylic acids is 1. The second-order valence-electron chi connectivity index (χ2n) is 4.04. The quantitative estimate of drug-likeness (QED) is 0.844. The largest absolute Gasteiger partial charge is 0.461 e. The van der Waals surface area contributed by atoms with Gasteiger partial charge in [-0.2, -0.15) is 8.78 Å². The molecule has 0 aromatic heterocycles. The first-order valence-electron chi connectivity index (χ1n) is 5.61. The van der Waals surface area contributed by atoms with Crippen LogP contribution in [0.5, 0.6) is 0 Å². The van der Waals surface area contributed by atoms with Gasteiger partial charge >= 0.3 is 11.9 Å². The minimum atomic E-state index is -3.95. The third-order valence-corrected chi connectivity index (χ3v) is 2.83. The van der Waals surface area contributed by atoms with Crippen molar-refractivity contribution in [3.8, 4) is 0 Å². The zero-order chi connectivity index (χ0) is 13.9. The number of aliphatic hydroxyl groups is 1. The van der Waals surface area contributed by atoms with Gasteiger partial charge in [-0.1, -0.05) is 18.2 Å². The molecule has 1 atom stereocenters. The number of esters is 1. The van der Waals surface area contributed by atoms with Crippen molar-refractivity contribution in [2.75, 3.05) is 6.61 Å². The number of aliphatic hydroxyl groups excluding tert-OH is 1. The van der Waals surface area contributed by atoms with E-state index in [-0.39, 0.29) is 12.2 Å². The highest BCUT2D eigenvalue weighted by atomic mass is 19.3. The molecule has 0 spiro atoms. The van der Waals surface area contributed by atoms with Crippen LogP contribution < -0.4 is 0 Å². The van der Waals surface area contributed by atoms with Gasteiger partial charge in [0.05, 0.1) is 6.61 Å². The molecule has 3 nitrogen and oxygen atoms in total. The van der Waals surface area contributed by atoms with Crippen molar-refractivity contribution in [2.45, 2.75) is 32.8 Å². The topological polar surface area (TPSA) is 46.5 Å². The molecular formula is C13H16F2O3. The maximum Gasteiger partial charge on any atom is 0.380 e. The number of carbonyl (C=O) groups is 1. The molecule has 0 fully saturated rings. The Bertz CT molecular complexity index is 444. The second-order valence-corrected chi connectivity index (χ2v) is 4.04. The predicted molar refractivity (Wildman–Crippen MR) is 62.5 cm³/mol. The molecule has 1 N–H and O–H groups in total. The summed E-state index contributed by atoms with van der Waals surface area (Å²) in [4.78, 5) is 11.1. The standard InChI is InChI=1S/C13H16F2O3/c1-4-18-12(17)13(14,15)11(16)10-7-5-6-8(2)9(10)3/h5-7,11,16H,4H2,1-3H3. The van der Waals surface area contributed by atoms with Crippen molar-refractivity contribution >= 4 is 5.97 Å². The van der Waals surface area contributed by atoms with Crippen LogP contribution in [0.2, 0.25) is 0 Å². The zero-order valence-electron chi connectivity index (χ0n) is 10.5. The van der Waals surface area contributed by atoms with Crippen molar-refractivity contribution in [2.24, 2.45) is 0 Å². The molecule has 1 unspecified atom stereocenters. The van der Waals surface area contributed by atoms with E-state index in [1.807, 2.05) is 0 Å². The molecule has 1 aromatic rings. The fourth-order valence-corrected chi connectivity index (χ4v) is 1.60. The fraction of sp³-hybridized carbons (Fsp3) is 0.462. The molecular weight excluding hydrogens is 242 g/mol. The number of alkyl halides is 2. The van der Waals surface area contributed by atoms with Crippen LogP contribution in [-0.4, -0.2) is 23.6 Å². The summed E-state index contributed by atoms with van der Waals surface area (Å²) in [6.45, 7) is 4.63. The van der Waals surface area contributed by atoms with Crippen molar-refractivity contribution in [3.05, 3.63) is 34.9 Å². The third kappa shape index (κ3) is 2.67. The van der Waals surface area contributed by atoms with Crippen LogP contribution in [0.25, 0.3) is 0 Å². The molecule has 0 radical (unpaired) electrons. The van der Waals surface area contributed by atoms with Crippen LogP contribution in [0, 0.1) is 13.8 Å². The molecule has 5 heteroatoms. The predicted octanol–water partition coefficient (Wildman–Crippen LogP) is 2.54. The SMILES string of the molecule is CCOC(=O)C(F)(F)C(O)c1cccc(C)c1C. The van der Waals surface area contributed by atoms with E-state index < -0.39 is 18.0 Å². The van der Waals surface area contributed by atoms with Crippen LogP contribution in [0.4, 0.5) is 8.78 Å². The number of hydrogen-bond donors (Lipinski definition) is 1. The summed E-state index contributed by atoms with van der Waals surface area (Å²) in [5.41, 5.74) is 1.34. The number of hydrogen-bond acceptors (Lipinski definition) is 3. The Morgan fingerprint density at radius 1 is 1.44 bits per heavy atom. The lowest BCUT2D eigenvalue weighted by Gasteiger charge is -2.22. The van der Waals surface area contributed by atoms with E-state index in [1.165, 1.54) is 13.0 Å². The van der Waals surface area contributed by atoms with Gasteiger partial charge in [-0.15, -0.1) is 0 Å². The Kier molecular flexibility index (Phi) is 4.40. The van der Waals surface area contributed by atoms with E-state index in [2.05, 4.69) is 4.74 Å². The lowest BCUT2D eigenvalue weighted by molar-refractivity contribution is -0.189. The molecule has 1 rings (SSSR count). The highest BCUT2D eigenvalue weighted by Gasteiger charge is 2.49.